The van der Waals surface area contributed by atoms with Crippen LogP contribution in [-0.2, 0) is 5.60 Å². The van der Waals surface area contributed by atoms with Gasteiger partial charge >= 0.3 is 0 Å². The molecule has 0 aliphatic carbocycles. The van der Waals surface area contributed by atoms with E-state index in [0.29, 0.717) is 24.3 Å². The zero-order valence-corrected chi connectivity index (χ0v) is 17.0. The molecule has 0 bridgehead atoms. The van der Waals surface area contributed by atoms with Gasteiger partial charge in [-0.15, -0.1) is 0 Å². The van der Waals surface area contributed by atoms with Crippen LogP contribution < -0.4 is 0 Å². The second kappa shape index (κ2) is 8.66. The van der Waals surface area contributed by atoms with Crippen molar-refractivity contribution < 1.29 is 9.90 Å². The smallest absolute Gasteiger partial charge is 0.162 e. The molecule has 0 radical (unpaired) electrons. The predicted molar refractivity (Wildman–Crippen MR) is 109 cm³/mol. The monoisotopic (exact) mass is 435 g/mol. The maximum Gasteiger partial charge on any atom is 0.162 e. The largest absolute Gasteiger partial charge is 0.385 e. The maximum atomic E-state index is 12.2. The highest BCUT2D eigenvalue weighted by molar-refractivity contribution is 9.10. The molecule has 138 valence electrons. The van der Waals surface area contributed by atoms with Crippen LogP contribution in [0.5, 0.6) is 0 Å². The molecule has 0 amide bonds. The number of nitrogens with zero attached hydrogens (tertiary/aromatic N) is 1. The normalized spacial score (nSPS) is 17.2. The van der Waals surface area contributed by atoms with Crippen LogP contribution in [-0.4, -0.2) is 35.4 Å². The van der Waals surface area contributed by atoms with Crippen molar-refractivity contribution in [3.8, 4) is 0 Å². The molecule has 5 heteroatoms. The first-order chi connectivity index (χ1) is 12.5. The zero-order valence-electron chi connectivity index (χ0n) is 14.6. The fourth-order valence-electron chi connectivity index (χ4n) is 3.44. The summed E-state index contributed by atoms with van der Waals surface area (Å²) in [5.74, 6) is 0.187. The molecule has 3 rings (SSSR count). The number of carbonyl (C=O) groups is 1. The number of carbonyl (C=O) groups excluding carboxylic acids is 1. The lowest BCUT2D eigenvalue weighted by Gasteiger charge is -2.38. The number of piperidine rings is 1. The molecular weight excluding hydrogens is 414 g/mol. The summed E-state index contributed by atoms with van der Waals surface area (Å²) in [6, 6.07) is 15.0. The molecule has 1 fully saturated rings. The minimum atomic E-state index is -0.770. The first-order valence-corrected chi connectivity index (χ1v) is 10.1. The van der Waals surface area contributed by atoms with Gasteiger partial charge in [0.05, 0.1) is 5.60 Å². The van der Waals surface area contributed by atoms with Gasteiger partial charge in [0.15, 0.2) is 5.78 Å². The predicted octanol–water partition coefficient (Wildman–Crippen LogP) is 5.05. The molecule has 1 aliphatic rings. The standard InChI is InChI=1S/C21H23BrClNO2/c22-18-7-3-16(4-8-18)20(25)2-1-13-24-14-11-21(26,12-15-24)17-5-9-19(23)10-6-17/h3-10,26H,1-2,11-15H2. The second-order valence-corrected chi connectivity index (χ2v) is 8.27. The number of aliphatic hydroxyl groups is 1. The minimum Gasteiger partial charge on any atom is -0.385 e. The number of likely N-dealkylation sites (tertiary alicyclic amines) is 1. The van der Waals surface area contributed by atoms with E-state index < -0.39 is 5.60 Å². The number of halogens is 2. The van der Waals surface area contributed by atoms with Crippen LogP contribution in [0.3, 0.4) is 0 Å². The van der Waals surface area contributed by atoms with Crippen molar-refractivity contribution in [2.45, 2.75) is 31.3 Å². The van der Waals surface area contributed by atoms with Gasteiger partial charge in [-0.3, -0.25) is 4.79 Å². The van der Waals surface area contributed by atoms with E-state index in [2.05, 4.69) is 20.8 Å². The highest BCUT2D eigenvalue weighted by Crippen LogP contribution is 2.33. The summed E-state index contributed by atoms with van der Waals surface area (Å²) in [4.78, 5) is 14.6. The molecule has 2 aromatic rings. The van der Waals surface area contributed by atoms with Gasteiger partial charge in [-0.2, -0.15) is 0 Å². The van der Waals surface area contributed by atoms with E-state index in [-0.39, 0.29) is 5.78 Å². The fraction of sp³-hybridized carbons (Fsp3) is 0.381. The Bertz CT molecular complexity index is 738. The summed E-state index contributed by atoms with van der Waals surface area (Å²) >= 11 is 9.32. The van der Waals surface area contributed by atoms with Crippen molar-refractivity contribution in [3.63, 3.8) is 0 Å². The lowest BCUT2D eigenvalue weighted by Crippen LogP contribution is -2.42. The fourth-order valence-corrected chi connectivity index (χ4v) is 3.83. The number of ketones is 1. The molecule has 0 saturated carbocycles. The first-order valence-electron chi connectivity index (χ1n) is 8.96. The molecule has 1 heterocycles. The average Bonchev–Trinajstić information content (AvgIpc) is 2.64. The molecule has 0 spiro atoms. The molecule has 2 aromatic carbocycles. The first kappa shape index (κ1) is 19.6. The van der Waals surface area contributed by atoms with Crippen molar-refractivity contribution >= 4 is 33.3 Å². The highest BCUT2D eigenvalue weighted by atomic mass is 79.9. The van der Waals surface area contributed by atoms with Crippen LogP contribution in [0.15, 0.2) is 53.0 Å². The number of hydrogen-bond donors (Lipinski definition) is 1. The highest BCUT2D eigenvalue weighted by Gasteiger charge is 2.33. The van der Waals surface area contributed by atoms with Gasteiger partial charge in [-0.1, -0.05) is 51.8 Å². The Labute approximate surface area is 168 Å². The molecule has 0 aromatic heterocycles. The van der Waals surface area contributed by atoms with Crippen molar-refractivity contribution in [2.75, 3.05) is 19.6 Å². The molecule has 3 nitrogen and oxygen atoms in total. The molecule has 1 saturated heterocycles. The minimum absolute atomic E-state index is 0.187. The Balaban J connectivity index is 1.44. The van der Waals surface area contributed by atoms with Crippen LogP contribution in [0.2, 0.25) is 5.02 Å². The van der Waals surface area contributed by atoms with Crippen LogP contribution in [0.25, 0.3) is 0 Å². The van der Waals surface area contributed by atoms with Crippen molar-refractivity contribution in [3.05, 3.63) is 69.2 Å². The van der Waals surface area contributed by atoms with Gasteiger partial charge in [-0.25, -0.2) is 0 Å². The molecule has 26 heavy (non-hydrogen) atoms. The van der Waals surface area contributed by atoms with Gasteiger partial charge in [0.25, 0.3) is 0 Å². The van der Waals surface area contributed by atoms with E-state index in [0.717, 1.165) is 41.7 Å². The Hall–Kier alpha value is -1.20. The topological polar surface area (TPSA) is 40.5 Å². The van der Waals surface area contributed by atoms with Gasteiger partial charge in [0.2, 0.25) is 0 Å². The van der Waals surface area contributed by atoms with Crippen molar-refractivity contribution in [1.82, 2.24) is 4.90 Å². The third kappa shape index (κ3) is 4.95. The van der Waals surface area contributed by atoms with Crippen LogP contribution >= 0.6 is 27.5 Å². The molecular formula is C21H23BrClNO2. The van der Waals surface area contributed by atoms with E-state index in [1.807, 2.05) is 48.5 Å². The van der Waals surface area contributed by atoms with E-state index >= 15 is 0 Å². The van der Waals surface area contributed by atoms with Crippen LogP contribution in [0.4, 0.5) is 0 Å². The maximum absolute atomic E-state index is 12.2. The summed E-state index contributed by atoms with van der Waals surface area (Å²) in [5.41, 5.74) is 0.935. The lowest BCUT2D eigenvalue weighted by atomic mass is 9.84. The van der Waals surface area contributed by atoms with Gasteiger partial charge in [0, 0.05) is 34.6 Å². The molecule has 0 unspecified atom stereocenters. The summed E-state index contributed by atoms with van der Waals surface area (Å²) in [6.07, 6.45) is 2.80. The number of benzene rings is 2. The Morgan fingerprint density at radius 1 is 1.08 bits per heavy atom. The number of rotatable bonds is 6. The summed E-state index contributed by atoms with van der Waals surface area (Å²) < 4.78 is 0.982. The average molecular weight is 437 g/mol. The van der Waals surface area contributed by atoms with Gasteiger partial charge in [-0.05, 0) is 55.6 Å². The van der Waals surface area contributed by atoms with E-state index in [9.17, 15) is 9.90 Å². The third-order valence-electron chi connectivity index (χ3n) is 5.11. The summed E-state index contributed by atoms with van der Waals surface area (Å²) in [5, 5.41) is 11.6. The van der Waals surface area contributed by atoms with E-state index in [1.165, 1.54) is 0 Å². The van der Waals surface area contributed by atoms with Crippen LogP contribution in [0, 0.1) is 0 Å². The third-order valence-corrected chi connectivity index (χ3v) is 5.89. The van der Waals surface area contributed by atoms with Crippen molar-refractivity contribution in [1.29, 1.82) is 0 Å². The lowest BCUT2D eigenvalue weighted by molar-refractivity contribution is -0.0260. The number of hydrogen-bond acceptors (Lipinski definition) is 3. The van der Waals surface area contributed by atoms with Crippen LogP contribution in [0.1, 0.15) is 41.6 Å². The van der Waals surface area contributed by atoms with Crippen molar-refractivity contribution in [2.24, 2.45) is 0 Å². The Morgan fingerprint density at radius 2 is 1.69 bits per heavy atom. The van der Waals surface area contributed by atoms with E-state index in [4.69, 9.17) is 11.6 Å². The number of Topliss-reactive ketones (excluding diaryl/α,β-unsaturated/α-hetero) is 1. The van der Waals surface area contributed by atoms with Gasteiger partial charge in [0.1, 0.15) is 0 Å². The van der Waals surface area contributed by atoms with E-state index in [1.54, 1.807) is 0 Å². The zero-order chi connectivity index (χ0) is 18.6. The Morgan fingerprint density at radius 3 is 2.31 bits per heavy atom. The SMILES string of the molecule is O=C(CCCN1CCC(O)(c2ccc(Cl)cc2)CC1)c1ccc(Br)cc1. The van der Waals surface area contributed by atoms with Gasteiger partial charge < -0.3 is 10.0 Å². The molecule has 0 atom stereocenters. The molecule has 1 N–H and O–H groups in total. The quantitative estimate of drug-likeness (QED) is 0.644. The molecule has 1 aliphatic heterocycles. The summed E-state index contributed by atoms with van der Waals surface area (Å²) in [6.45, 7) is 2.57. The Kier molecular flexibility index (Phi) is 6.51. The second-order valence-electron chi connectivity index (χ2n) is 6.91. The summed E-state index contributed by atoms with van der Waals surface area (Å²) in [7, 11) is 0.